The number of fused-ring (bicyclic) bond motifs is 3. The summed E-state index contributed by atoms with van der Waals surface area (Å²) in [6.07, 6.45) is 2.35. The van der Waals surface area contributed by atoms with E-state index in [9.17, 15) is 15.0 Å². The lowest BCUT2D eigenvalue weighted by Gasteiger charge is -2.23. The fourth-order valence-electron chi connectivity index (χ4n) is 2.89. The van der Waals surface area contributed by atoms with Gasteiger partial charge in [-0.05, 0) is 65.8 Å². The smallest absolute Gasteiger partial charge is 0.150 e. The van der Waals surface area contributed by atoms with E-state index in [1.807, 2.05) is 13.0 Å². The Balaban J connectivity index is 2.35. The molecule has 0 fully saturated rings. The Morgan fingerprint density at radius 2 is 1.95 bits per heavy atom. The van der Waals surface area contributed by atoms with Crippen molar-refractivity contribution >= 4 is 6.29 Å². The minimum absolute atomic E-state index is 0.125. The Bertz CT molecular complexity index is 687. The molecule has 3 heteroatoms. The van der Waals surface area contributed by atoms with Crippen LogP contribution >= 0.6 is 0 Å². The molecule has 0 aromatic heterocycles. The average Bonchev–Trinajstić information content (AvgIpc) is 2.41. The standard InChI is InChI=1S/C16H14O3/c1-9-13-3-2-10-6-12(18)7-11(8-17)16(10)14(13)4-5-15(9)19/h4-8,18-19H,2-3H2,1H3. The molecule has 0 aliphatic heterocycles. The molecular formula is C16H14O3. The molecule has 0 spiro atoms. The molecule has 96 valence electrons. The van der Waals surface area contributed by atoms with Crippen molar-refractivity contribution in [3.05, 3.63) is 46.5 Å². The van der Waals surface area contributed by atoms with Gasteiger partial charge in [0.2, 0.25) is 0 Å². The summed E-state index contributed by atoms with van der Waals surface area (Å²) in [7, 11) is 0. The number of rotatable bonds is 1. The number of hydrogen-bond donors (Lipinski definition) is 2. The highest BCUT2D eigenvalue weighted by atomic mass is 16.3. The van der Waals surface area contributed by atoms with E-state index in [-0.39, 0.29) is 11.5 Å². The van der Waals surface area contributed by atoms with E-state index in [1.54, 1.807) is 12.1 Å². The molecule has 0 unspecified atom stereocenters. The van der Waals surface area contributed by atoms with Crippen molar-refractivity contribution in [3.8, 4) is 22.6 Å². The third-order valence-electron chi connectivity index (χ3n) is 3.85. The first-order valence-electron chi connectivity index (χ1n) is 6.24. The molecule has 1 aliphatic rings. The predicted octanol–water partition coefficient (Wildman–Crippen LogP) is 2.98. The SMILES string of the molecule is Cc1c(O)ccc2c1CCc1cc(O)cc(C=O)c1-2. The van der Waals surface area contributed by atoms with E-state index in [0.29, 0.717) is 5.56 Å². The van der Waals surface area contributed by atoms with Crippen LogP contribution in [0.15, 0.2) is 24.3 Å². The van der Waals surface area contributed by atoms with Crippen molar-refractivity contribution in [2.24, 2.45) is 0 Å². The van der Waals surface area contributed by atoms with E-state index >= 15 is 0 Å². The maximum absolute atomic E-state index is 11.2. The van der Waals surface area contributed by atoms with Crippen molar-refractivity contribution in [3.63, 3.8) is 0 Å². The third kappa shape index (κ3) is 1.70. The minimum atomic E-state index is 0.125. The Morgan fingerprint density at radius 3 is 2.68 bits per heavy atom. The zero-order chi connectivity index (χ0) is 13.6. The quantitative estimate of drug-likeness (QED) is 0.769. The van der Waals surface area contributed by atoms with Crippen molar-refractivity contribution in [1.29, 1.82) is 0 Å². The van der Waals surface area contributed by atoms with E-state index in [2.05, 4.69) is 0 Å². The summed E-state index contributed by atoms with van der Waals surface area (Å²) in [5, 5.41) is 19.4. The van der Waals surface area contributed by atoms with Gasteiger partial charge in [-0.15, -0.1) is 0 Å². The molecule has 0 saturated carbocycles. The molecule has 0 bridgehead atoms. The maximum atomic E-state index is 11.2. The van der Waals surface area contributed by atoms with Crippen molar-refractivity contribution in [2.75, 3.05) is 0 Å². The number of benzene rings is 2. The van der Waals surface area contributed by atoms with Gasteiger partial charge in [-0.3, -0.25) is 4.79 Å². The second kappa shape index (κ2) is 4.12. The van der Waals surface area contributed by atoms with Crippen LogP contribution in [0.25, 0.3) is 11.1 Å². The topological polar surface area (TPSA) is 57.5 Å². The molecule has 0 amide bonds. The molecule has 2 aromatic rings. The second-order valence-electron chi connectivity index (χ2n) is 4.92. The zero-order valence-electron chi connectivity index (χ0n) is 10.6. The Labute approximate surface area is 111 Å². The van der Waals surface area contributed by atoms with Gasteiger partial charge in [-0.1, -0.05) is 6.07 Å². The summed E-state index contributed by atoms with van der Waals surface area (Å²) in [5.41, 5.74) is 5.31. The molecular weight excluding hydrogens is 240 g/mol. The van der Waals surface area contributed by atoms with Crippen LogP contribution < -0.4 is 0 Å². The van der Waals surface area contributed by atoms with Crippen molar-refractivity contribution in [2.45, 2.75) is 19.8 Å². The summed E-state index contributed by atoms with van der Waals surface area (Å²) in [4.78, 5) is 11.2. The molecule has 3 nitrogen and oxygen atoms in total. The molecule has 0 heterocycles. The highest BCUT2D eigenvalue weighted by Gasteiger charge is 2.22. The summed E-state index contributed by atoms with van der Waals surface area (Å²) >= 11 is 0. The normalized spacial score (nSPS) is 12.7. The number of carbonyl (C=O) groups is 1. The van der Waals surface area contributed by atoms with Crippen LogP contribution in [0.4, 0.5) is 0 Å². The van der Waals surface area contributed by atoms with Crippen molar-refractivity contribution in [1.82, 2.24) is 0 Å². The molecule has 1 aliphatic carbocycles. The Morgan fingerprint density at radius 1 is 1.16 bits per heavy atom. The van der Waals surface area contributed by atoms with Gasteiger partial charge in [-0.2, -0.15) is 0 Å². The summed E-state index contributed by atoms with van der Waals surface area (Å²) < 4.78 is 0. The van der Waals surface area contributed by atoms with Gasteiger partial charge >= 0.3 is 0 Å². The molecule has 2 aromatic carbocycles. The fourth-order valence-corrected chi connectivity index (χ4v) is 2.89. The van der Waals surface area contributed by atoms with Gasteiger partial charge in [-0.25, -0.2) is 0 Å². The lowest BCUT2D eigenvalue weighted by Crippen LogP contribution is -2.08. The first-order chi connectivity index (χ1) is 9.11. The van der Waals surface area contributed by atoms with E-state index < -0.39 is 0 Å². The molecule has 3 rings (SSSR count). The number of phenols is 2. The largest absolute Gasteiger partial charge is 0.508 e. The number of hydrogen-bond acceptors (Lipinski definition) is 3. The minimum Gasteiger partial charge on any atom is -0.508 e. The molecule has 0 saturated heterocycles. The van der Waals surface area contributed by atoms with Gasteiger partial charge in [0.05, 0.1) is 0 Å². The van der Waals surface area contributed by atoms with Gasteiger partial charge < -0.3 is 10.2 Å². The Kier molecular flexibility index (Phi) is 2.56. The Hall–Kier alpha value is -2.29. The number of aryl methyl sites for hydroxylation is 1. The van der Waals surface area contributed by atoms with Crippen LogP contribution in [0.5, 0.6) is 11.5 Å². The zero-order valence-corrected chi connectivity index (χ0v) is 10.6. The van der Waals surface area contributed by atoms with Gasteiger partial charge in [0.1, 0.15) is 11.5 Å². The molecule has 19 heavy (non-hydrogen) atoms. The van der Waals surface area contributed by atoms with E-state index in [1.165, 1.54) is 6.07 Å². The molecule has 2 N–H and O–H groups in total. The molecule has 0 atom stereocenters. The summed E-state index contributed by atoms with van der Waals surface area (Å²) in [6.45, 7) is 1.89. The number of aromatic hydroxyl groups is 2. The lowest BCUT2D eigenvalue weighted by molar-refractivity contribution is 0.112. The maximum Gasteiger partial charge on any atom is 0.150 e. The number of phenolic OH excluding ortho intramolecular Hbond substituents is 2. The van der Waals surface area contributed by atoms with E-state index in [0.717, 1.165) is 46.9 Å². The van der Waals surface area contributed by atoms with Crippen LogP contribution in [0, 0.1) is 6.92 Å². The van der Waals surface area contributed by atoms with Crippen LogP contribution in [0.2, 0.25) is 0 Å². The monoisotopic (exact) mass is 254 g/mol. The van der Waals surface area contributed by atoms with Crippen LogP contribution in [0.3, 0.4) is 0 Å². The van der Waals surface area contributed by atoms with E-state index in [4.69, 9.17) is 0 Å². The first-order valence-corrected chi connectivity index (χ1v) is 6.24. The third-order valence-corrected chi connectivity index (χ3v) is 3.85. The highest BCUT2D eigenvalue weighted by molar-refractivity contribution is 5.92. The van der Waals surface area contributed by atoms with Gasteiger partial charge in [0.25, 0.3) is 0 Å². The fraction of sp³-hybridized carbons (Fsp3) is 0.188. The lowest BCUT2D eigenvalue weighted by atomic mass is 9.81. The van der Waals surface area contributed by atoms with Crippen LogP contribution in [-0.2, 0) is 12.8 Å². The average molecular weight is 254 g/mol. The number of carbonyl (C=O) groups excluding carboxylic acids is 1. The number of aldehydes is 1. The van der Waals surface area contributed by atoms with Crippen LogP contribution in [-0.4, -0.2) is 16.5 Å². The predicted molar refractivity (Wildman–Crippen MR) is 72.7 cm³/mol. The van der Waals surface area contributed by atoms with Gasteiger partial charge in [0, 0.05) is 5.56 Å². The molecule has 0 radical (unpaired) electrons. The summed E-state index contributed by atoms with van der Waals surface area (Å²) in [6, 6.07) is 6.71. The highest BCUT2D eigenvalue weighted by Crippen LogP contribution is 2.40. The van der Waals surface area contributed by atoms with Crippen LogP contribution in [0.1, 0.15) is 27.0 Å². The van der Waals surface area contributed by atoms with Crippen molar-refractivity contribution < 1.29 is 15.0 Å². The van der Waals surface area contributed by atoms with Gasteiger partial charge in [0.15, 0.2) is 6.29 Å². The summed E-state index contributed by atoms with van der Waals surface area (Å²) in [5.74, 6) is 0.411. The second-order valence-corrected chi connectivity index (χ2v) is 4.92. The first kappa shape index (κ1) is 11.8.